The molecule has 5 heteroatoms. The van der Waals surface area contributed by atoms with Crippen LogP contribution in [0.25, 0.3) is 0 Å². The molecule has 2 atom stereocenters. The van der Waals surface area contributed by atoms with Crippen molar-refractivity contribution in [1.82, 2.24) is 0 Å². The Morgan fingerprint density at radius 1 is 1.00 bits per heavy atom. The van der Waals surface area contributed by atoms with Crippen molar-refractivity contribution in [2.75, 3.05) is 13.1 Å². The van der Waals surface area contributed by atoms with Crippen molar-refractivity contribution >= 4 is 24.8 Å². The second-order valence-electron chi connectivity index (χ2n) is 2.43. The molecule has 4 N–H and O–H groups in total. The van der Waals surface area contributed by atoms with Crippen LogP contribution in [0.15, 0.2) is 0 Å². The van der Waals surface area contributed by atoms with E-state index in [-0.39, 0.29) is 37.0 Å². The summed E-state index contributed by atoms with van der Waals surface area (Å²) in [6, 6.07) is 0. The molecule has 1 fully saturated rings. The molecule has 1 aliphatic rings. The molecule has 0 radical (unpaired) electrons. The Bertz CT molecular complexity index is 84.7. The Morgan fingerprint density at radius 3 is 1.55 bits per heavy atom. The van der Waals surface area contributed by atoms with Gasteiger partial charge in [-0.2, -0.15) is 0 Å². The highest BCUT2D eigenvalue weighted by molar-refractivity contribution is 5.85. The number of nitrogens with two attached hydrogens (primary N) is 2. The van der Waals surface area contributed by atoms with Crippen molar-refractivity contribution < 1.29 is 4.74 Å². The second kappa shape index (κ2) is 7.13. The number of ether oxygens (including phenoxy) is 1. The van der Waals surface area contributed by atoms with Crippen molar-refractivity contribution in [3.63, 3.8) is 0 Å². The number of hydrogen-bond acceptors (Lipinski definition) is 3. The van der Waals surface area contributed by atoms with E-state index >= 15 is 0 Å². The summed E-state index contributed by atoms with van der Waals surface area (Å²) in [6.07, 6.45) is 2.72. The minimum Gasteiger partial charge on any atom is -0.372 e. The highest BCUT2D eigenvalue weighted by atomic mass is 35.5. The van der Waals surface area contributed by atoms with Gasteiger partial charge in [0.05, 0.1) is 12.2 Å². The molecular weight excluding hydrogens is 187 g/mol. The summed E-state index contributed by atoms with van der Waals surface area (Å²) < 4.78 is 5.41. The first-order chi connectivity index (χ1) is 4.36. The molecule has 0 bridgehead atoms. The minimum atomic E-state index is 0. The quantitative estimate of drug-likeness (QED) is 0.678. The Balaban J connectivity index is 0. The lowest BCUT2D eigenvalue weighted by molar-refractivity contribution is 0.0555. The number of halogens is 2. The lowest BCUT2D eigenvalue weighted by Gasteiger charge is -2.08. The van der Waals surface area contributed by atoms with Crippen LogP contribution in [0.5, 0.6) is 0 Å². The first-order valence-corrected chi connectivity index (χ1v) is 3.42. The highest BCUT2D eigenvalue weighted by Crippen LogP contribution is 2.17. The second-order valence-corrected chi connectivity index (χ2v) is 2.43. The van der Waals surface area contributed by atoms with Gasteiger partial charge in [0, 0.05) is 13.1 Å². The maximum Gasteiger partial charge on any atom is 0.0702 e. The summed E-state index contributed by atoms with van der Waals surface area (Å²) in [4.78, 5) is 0. The molecule has 70 valence electrons. The predicted molar refractivity (Wildman–Crippen MR) is 50.5 cm³/mol. The van der Waals surface area contributed by atoms with Crippen LogP contribution < -0.4 is 11.5 Å². The van der Waals surface area contributed by atoms with Gasteiger partial charge >= 0.3 is 0 Å². The topological polar surface area (TPSA) is 61.3 Å². The third-order valence-corrected chi connectivity index (χ3v) is 1.72. The Kier molecular flexibility index (Phi) is 9.08. The maximum absolute atomic E-state index is 5.41. The summed E-state index contributed by atoms with van der Waals surface area (Å²) in [7, 11) is 0. The highest BCUT2D eigenvalue weighted by Gasteiger charge is 2.22. The number of rotatable bonds is 2. The van der Waals surface area contributed by atoms with Crippen LogP contribution in [0, 0.1) is 0 Å². The van der Waals surface area contributed by atoms with E-state index in [9.17, 15) is 0 Å². The van der Waals surface area contributed by atoms with Crippen LogP contribution in [-0.2, 0) is 4.74 Å². The van der Waals surface area contributed by atoms with E-state index in [0.717, 1.165) is 12.8 Å². The maximum atomic E-state index is 5.41. The molecule has 0 aromatic carbocycles. The third kappa shape index (κ3) is 4.13. The zero-order valence-electron chi connectivity index (χ0n) is 6.36. The molecule has 1 heterocycles. The van der Waals surface area contributed by atoms with E-state index in [1.807, 2.05) is 0 Å². The zero-order valence-corrected chi connectivity index (χ0v) is 8.00. The van der Waals surface area contributed by atoms with Crippen molar-refractivity contribution in [3.05, 3.63) is 0 Å². The molecule has 0 saturated carbocycles. The lowest BCUT2D eigenvalue weighted by atomic mass is 10.2. The van der Waals surface area contributed by atoms with E-state index in [2.05, 4.69) is 0 Å². The third-order valence-electron chi connectivity index (χ3n) is 1.72. The molecule has 1 rings (SSSR count). The fraction of sp³-hybridized carbons (Fsp3) is 1.00. The van der Waals surface area contributed by atoms with E-state index < -0.39 is 0 Å². The SMILES string of the molecule is Cl.Cl.NCC1CCC(CN)O1. The molecular formula is C6H16Cl2N2O. The van der Waals surface area contributed by atoms with Crippen molar-refractivity contribution in [3.8, 4) is 0 Å². The largest absolute Gasteiger partial charge is 0.372 e. The monoisotopic (exact) mass is 202 g/mol. The van der Waals surface area contributed by atoms with Crippen LogP contribution in [-0.4, -0.2) is 25.3 Å². The van der Waals surface area contributed by atoms with Gasteiger partial charge < -0.3 is 16.2 Å². The van der Waals surface area contributed by atoms with Crippen LogP contribution in [0.2, 0.25) is 0 Å². The summed E-state index contributed by atoms with van der Waals surface area (Å²) in [6.45, 7) is 1.27. The van der Waals surface area contributed by atoms with Gasteiger partial charge in [0.15, 0.2) is 0 Å². The average Bonchev–Trinajstić information content (AvgIpc) is 2.34. The van der Waals surface area contributed by atoms with Crippen LogP contribution in [0.1, 0.15) is 12.8 Å². The van der Waals surface area contributed by atoms with E-state index in [0.29, 0.717) is 13.1 Å². The molecule has 11 heavy (non-hydrogen) atoms. The fourth-order valence-electron chi connectivity index (χ4n) is 1.13. The molecule has 1 aliphatic heterocycles. The van der Waals surface area contributed by atoms with Crippen molar-refractivity contribution in [2.24, 2.45) is 11.5 Å². The fourth-order valence-corrected chi connectivity index (χ4v) is 1.13. The van der Waals surface area contributed by atoms with Gasteiger partial charge in [0.25, 0.3) is 0 Å². The zero-order chi connectivity index (χ0) is 6.69. The summed E-state index contributed by atoms with van der Waals surface area (Å²) in [5.74, 6) is 0. The summed E-state index contributed by atoms with van der Waals surface area (Å²) >= 11 is 0. The smallest absolute Gasteiger partial charge is 0.0702 e. The van der Waals surface area contributed by atoms with E-state index in [1.54, 1.807) is 0 Å². The van der Waals surface area contributed by atoms with Gasteiger partial charge in [-0.05, 0) is 12.8 Å². The molecule has 0 aliphatic carbocycles. The van der Waals surface area contributed by atoms with Gasteiger partial charge in [-0.3, -0.25) is 0 Å². The molecule has 0 aromatic rings. The van der Waals surface area contributed by atoms with Gasteiger partial charge in [-0.1, -0.05) is 0 Å². The summed E-state index contributed by atoms with van der Waals surface area (Å²) in [5.41, 5.74) is 10.8. The van der Waals surface area contributed by atoms with Crippen molar-refractivity contribution in [1.29, 1.82) is 0 Å². The Labute approximate surface area is 79.7 Å². The Hall–Kier alpha value is 0.460. The van der Waals surface area contributed by atoms with Gasteiger partial charge in [0.2, 0.25) is 0 Å². The Morgan fingerprint density at radius 2 is 1.36 bits per heavy atom. The number of hydrogen-bond donors (Lipinski definition) is 2. The standard InChI is InChI=1S/C6H14N2O.2ClH/c7-3-5-1-2-6(4-8)9-5;;/h5-6H,1-4,7-8H2;2*1H. The predicted octanol–water partition coefficient (Wildman–Crippen LogP) is 0.295. The lowest BCUT2D eigenvalue weighted by Crippen LogP contribution is -2.24. The van der Waals surface area contributed by atoms with Gasteiger partial charge in [-0.15, -0.1) is 24.8 Å². The summed E-state index contributed by atoms with van der Waals surface area (Å²) in [5, 5.41) is 0. The first kappa shape index (κ1) is 14.0. The molecule has 2 unspecified atom stereocenters. The molecule has 0 aromatic heterocycles. The molecule has 1 saturated heterocycles. The van der Waals surface area contributed by atoms with E-state index in [1.165, 1.54) is 0 Å². The minimum absolute atomic E-state index is 0. The van der Waals surface area contributed by atoms with Crippen LogP contribution >= 0.6 is 24.8 Å². The van der Waals surface area contributed by atoms with E-state index in [4.69, 9.17) is 16.2 Å². The first-order valence-electron chi connectivity index (χ1n) is 3.42. The van der Waals surface area contributed by atoms with Crippen molar-refractivity contribution in [2.45, 2.75) is 25.0 Å². The normalized spacial score (nSPS) is 28.9. The average molecular weight is 203 g/mol. The van der Waals surface area contributed by atoms with Gasteiger partial charge in [0.1, 0.15) is 0 Å². The molecule has 3 nitrogen and oxygen atoms in total. The van der Waals surface area contributed by atoms with Crippen LogP contribution in [0.3, 0.4) is 0 Å². The van der Waals surface area contributed by atoms with Crippen LogP contribution in [0.4, 0.5) is 0 Å². The molecule has 0 spiro atoms. The van der Waals surface area contributed by atoms with Gasteiger partial charge in [-0.25, -0.2) is 0 Å². The molecule has 0 amide bonds.